The normalized spacial score (nSPS) is 10.1. The second-order valence-corrected chi connectivity index (χ2v) is 4.45. The van der Waals surface area contributed by atoms with Gasteiger partial charge in [0.25, 0.3) is 0 Å². The fraction of sp³-hybridized carbons (Fsp3) is 0.267. The molecule has 5 heteroatoms. The summed E-state index contributed by atoms with van der Waals surface area (Å²) in [5.41, 5.74) is 7.12. The fourth-order valence-electron chi connectivity index (χ4n) is 1.73. The maximum Gasteiger partial charge on any atom is 0.227 e. The van der Waals surface area contributed by atoms with Gasteiger partial charge in [-0.05, 0) is 31.5 Å². The largest absolute Gasteiger partial charge is 0.439 e. The second-order valence-electron chi connectivity index (χ2n) is 4.45. The summed E-state index contributed by atoms with van der Waals surface area (Å²) in [5.74, 6) is 2.10. The van der Waals surface area contributed by atoms with Gasteiger partial charge in [-0.15, -0.1) is 0 Å². The predicted octanol–water partition coefficient (Wildman–Crippen LogP) is 2.98. The molecule has 0 atom stereocenters. The highest BCUT2D eigenvalue weighted by molar-refractivity contribution is 5.46. The van der Waals surface area contributed by atoms with Gasteiger partial charge in [0.1, 0.15) is 17.4 Å². The molecule has 0 aliphatic heterocycles. The van der Waals surface area contributed by atoms with E-state index in [1.807, 2.05) is 6.92 Å². The van der Waals surface area contributed by atoms with Crippen molar-refractivity contribution in [3.05, 3.63) is 41.2 Å². The average molecular weight is 268 g/mol. The lowest BCUT2D eigenvalue weighted by Crippen LogP contribution is -2.05. The molecule has 0 spiro atoms. The third kappa shape index (κ3) is 3.04. The molecule has 2 rings (SSSR count). The van der Waals surface area contributed by atoms with Gasteiger partial charge in [0, 0.05) is 6.42 Å². The van der Waals surface area contributed by atoms with Crippen LogP contribution in [0, 0.1) is 18.3 Å². The van der Waals surface area contributed by atoms with E-state index in [4.69, 9.17) is 15.7 Å². The number of nitrogens with zero attached hydrogens (tertiary/aromatic N) is 3. The number of aromatic nitrogens is 2. The highest BCUT2D eigenvalue weighted by atomic mass is 16.5. The third-order valence-corrected chi connectivity index (χ3v) is 2.84. The van der Waals surface area contributed by atoms with Crippen LogP contribution in [0.25, 0.3) is 0 Å². The van der Waals surface area contributed by atoms with Crippen LogP contribution in [0.5, 0.6) is 11.6 Å². The molecule has 1 aromatic carbocycles. The minimum atomic E-state index is 0.426. The standard InChI is InChI=1S/C15H16N4O/c1-3-5-13-18-14(17)10(2)15(19-13)20-12-7-4-6-11(8-12)9-16/h4,6-8H,3,5H2,1-2H3,(H2,17,18,19). The lowest BCUT2D eigenvalue weighted by molar-refractivity contribution is 0.454. The van der Waals surface area contributed by atoms with E-state index in [-0.39, 0.29) is 0 Å². The number of hydrogen-bond acceptors (Lipinski definition) is 5. The molecule has 0 unspecified atom stereocenters. The first-order valence-electron chi connectivity index (χ1n) is 6.45. The molecular weight excluding hydrogens is 252 g/mol. The van der Waals surface area contributed by atoms with Gasteiger partial charge in [0.05, 0.1) is 17.2 Å². The first-order valence-corrected chi connectivity index (χ1v) is 6.45. The molecule has 1 aromatic heterocycles. The molecule has 5 nitrogen and oxygen atoms in total. The Morgan fingerprint density at radius 3 is 2.85 bits per heavy atom. The Kier molecular flexibility index (Phi) is 4.16. The number of aryl methyl sites for hydroxylation is 1. The first-order chi connectivity index (χ1) is 9.63. The molecular formula is C15H16N4O. The summed E-state index contributed by atoms with van der Waals surface area (Å²) in [6.07, 6.45) is 1.69. The number of anilines is 1. The smallest absolute Gasteiger partial charge is 0.227 e. The molecule has 0 fully saturated rings. The van der Waals surface area contributed by atoms with Crippen LogP contribution in [-0.2, 0) is 6.42 Å². The summed E-state index contributed by atoms with van der Waals surface area (Å²) >= 11 is 0. The second kappa shape index (κ2) is 6.02. The summed E-state index contributed by atoms with van der Waals surface area (Å²) < 4.78 is 5.74. The van der Waals surface area contributed by atoms with Crippen LogP contribution in [0.1, 0.15) is 30.3 Å². The Balaban J connectivity index is 2.34. The fourth-order valence-corrected chi connectivity index (χ4v) is 1.73. The van der Waals surface area contributed by atoms with E-state index in [0.29, 0.717) is 34.4 Å². The Bertz CT molecular complexity index is 661. The first kappa shape index (κ1) is 13.8. The third-order valence-electron chi connectivity index (χ3n) is 2.84. The van der Waals surface area contributed by atoms with E-state index in [1.54, 1.807) is 24.3 Å². The summed E-state index contributed by atoms with van der Waals surface area (Å²) in [6.45, 7) is 3.87. The van der Waals surface area contributed by atoms with E-state index in [2.05, 4.69) is 23.0 Å². The molecule has 20 heavy (non-hydrogen) atoms. The van der Waals surface area contributed by atoms with Crippen molar-refractivity contribution in [1.82, 2.24) is 9.97 Å². The summed E-state index contributed by atoms with van der Waals surface area (Å²) in [4.78, 5) is 8.61. The topological polar surface area (TPSA) is 84.8 Å². The SMILES string of the molecule is CCCc1nc(N)c(C)c(Oc2cccc(C#N)c2)n1. The van der Waals surface area contributed by atoms with Gasteiger partial charge in [-0.2, -0.15) is 10.2 Å². The Labute approximate surface area is 118 Å². The molecule has 2 N–H and O–H groups in total. The van der Waals surface area contributed by atoms with Crippen molar-refractivity contribution in [2.75, 3.05) is 5.73 Å². The molecule has 0 aliphatic carbocycles. The Morgan fingerprint density at radius 1 is 1.35 bits per heavy atom. The highest BCUT2D eigenvalue weighted by Crippen LogP contribution is 2.26. The van der Waals surface area contributed by atoms with Crippen LogP contribution in [0.3, 0.4) is 0 Å². The van der Waals surface area contributed by atoms with Crippen molar-refractivity contribution >= 4 is 5.82 Å². The van der Waals surface area contributed by atoms with Gasteiger partial charge in [0.15, 0.2) is 0 Å². The minimum Gasteiger partial charge on any atom is -0.439 e. The van der Waals surface area contributed by atoms with Crippen molar-refractivity contribution < 1.29 is 4.74 Å². The van der Waals surface area contributed by atoms with Gasteiger partial charge in [-0.25, -0.2) is 4.98 Å². The Morgan fingerprint density at radius 2 is 2.15 bits per heavy atom. The molecule has 0 aliphatic rings. The molecule has 0 radical (unpaired) electrons. The molecule has 102 valence electrons. The van der Waals surface area contributed by atoms with Gasteiger partial charge in [-0.1, -0.05) is 13.0 Å². The zero-order valence-corrected chi connectivity index (χ0v) is 11.6. The van der Waals surface area contributed by atoms with Crippen LogP contribution in [-0.4, -0.2) is 9.97 Å². The van der Waals surface area contributed by atoms with Crippen LogP contribution >= 0.6 is 0 Å². The maximum atomic E-state index is 8.89. The number of nitrogen functional groups attached to an aromatic ring is 1. The van der Waals surface area contributed by atoms with Crippen LogP contribution in [0.2, 0.25) is 0 Å². The van der Waals surface area contributed by atoms with Gasteiger partial charge < -0.3 is 10.5 Å². The highest BCUT2D eigenvalue weighted by Gasteiger charge is 2.10. The van der Waals surface area contributed by atoms with Gasteiger partial charge in [-0.3, -0.25) is 0 Å². The molecule has 0 saturated heterocycles. The zero-order valence-electron chi connectivity index (χ0n) is 11.6. The van der Waals surface area contributed by atoms with Crippen molar-refractivity contribution in [1.29, 1.82) is 5.26 Å². The number of nitriles is 1. The summed E-state index contributed by atoms with van der Waals surface area (Å²) in [7, 11) is 0. The van der Waals surface area contributed by atoms with Crippen LogP contribution < -0.4 is 10.5 Å². The molecule has 1 heterocycles. The van der Waals surface area contributed by atoms with Crippen molar-refractivity contribution in [3.63, 3.8) is 0 Å². The van der Waals surface area contributed by atoms with Crippen LogP contribution in [0.4, 0.5) is 5.82 Å². The molecule has 0 saturated carbocycles. The lowest BCUT2D eigenvalue weighted by atomic mass is 10.2. The number of ether oxygens (including phenoxy) is 1. The van der Waals surface area contributed by atoms with Crippen molar-refractivity contribution in [3.8, 4) is 17.7 Å². The van der Waals surface area contributed by atoms with Crippen LogP contribution in [0.15, 0.2) is 24.3 Å². The van der Waals surface area contributed by atoms with E-state index in [9.17, 15) is 0 Å². The minimum absolute atomic E-state index is 0.426. The van der Waals surface area contributed by atoms with Crippen molar-refractivity contribution in [2.24, 2.45) is 0 Å². The van der Waals surface area contributed by atoms with E-state index in [0.717, 1.165) is 12.8 Å². The maximum absolute atomic E-state index is 8.89. The van der Waals surface area contributed by atoms with E-state index < -0.39 is 0 Å². The number of benzene rings is 1. The number of hydrogen-bond donors (Lipinski definition) is 1. The Hall–Kier alpha value is -2.61. The lowest BCUT2D eigenvalue weighted by Gasteiger charge is -2.11. The van der Waals surface area contributed by atoms with Gasteiger partial charge >= 0.3 is 0 Å². The molecule has 0 bridgehead atoms. The number of rotatable bonds is 4. The molecule has 2 aromatic rings. The number of nitrogens with two attached hydrogens (primary N) is 1. The van der Waals surface area contributed by atoms with E-state index >= 15 is 0 Å². The average Bonchev–Trinajstić information content (AvgIpc) is 2.45. The van der Waals surface area contributed by atoms with Crippen molar-refractivity contribution in [2.45, 2.75) is 26.7 Å². The quantitative estimate of drug-likeness (QED) is 0.921. The predicted molar refractivity (Wildman–Crippen MR) is 76.4 cm³/mol. The molecule has 0 amide bonds. The summed E-state index contributed by atoms with van der Waals surface area (Å²) in [5, 5.41) is 8.89. The van der Waals surface area contributed by atoms with Gasteiger partial charge in [0.2, 0.25) is 5.88 Å². The monoisotopic (exact) mass is 268 g/mol. The van der Waals surface area contributed by atoms with E-state index in [1.165, 1.54) is 0 Å². The summed E-state index contributed by atoms with van der Waals surface area (Å²) in [6, 6.07) is 9.00. The zero-order chi connectivity index (χ0) is 14.5.